The van der Waals surface area contributed by atoms with Gasteiger partial charge in [-0.2, -0.15) is 0 Å². The van der Waals surface area contributed by atoms with Crippen LogP contribution >= 0.6 is 0 Å². The molecule has 0 N–H and O–H groups in total. The molecule has 0 unspecified atom stereocenters. The molecule has 0 saturated carbocycles. The maximum Gasteiger partial charge on any atom is 0.260 e. The van der Waals surface area contributed by atoms with Crippen molar-refractivity contribution in [2.24, 2.45) is 0 Å². The van der Waals surface area contributed by atoms with Crippen LogP contribution in [-0.4, -0.2) is 12.1 Å². The number of hydrogen-bond donors (Lipinski definition) is 0. The Morgan fingerprint density at radius 1 is 1.31 bits per heavy atom. The molecule has 0 aliphatic rings. The Kier molecular flexibility index (Phi) is 1.70. The zero-order valence-corrected chi connectivity index (χ0v) is 6.69. The van der Waals surface area contributed by atoms with E-state index in [0.717, 1.165) is 5.39 Å². The fourth-order valence-corrected chi connectivity index (χ4v) is 1.16. The first-order chi connectivity index (χ1) is 6.31. The highest BCUT2D eigenvalue weighted by atomic mass is 16.3. The minimum atomic E-state index is -0.629. The number of carbonyl (C=O) groups excluding carboxylic acids is 2. The first-order valence-electron chi connectivity index (χ1n) is 3.79. The largest absolute Gasteiger partial charge is 0.452 e. The SMILES string of the molecule is O=CC(=O)c1cc2ccccc2o1. The van der Waals surface area contributed by atoms with Gasteiger partial charge in [-0.05, 0) is 12.1 Å². The molecule has 3 heteroatoms. The van der Waals surface area contributed by atoms with E-state index in [4.69, 9.17) is 4.42 Å². The summed E-state index contributed by atoms with van der Waals surface area (Å²) in [5, 5.41) is 0.827. The van der Waals surface area contributed by atoms with Gasteiger partial charge in [0.05, 0.1) is 0 Å². The summed E-state index contributed by atoms with van der Waals surface area (Å²) in [5.41, 5.74) is 0.618. The molecule has 0 aliphatic heterocycles. The molecule has 0 aliphatic carbocycles. The molecule has 2 rings (SSSR count). The lowest BCUT2D eigenvalue weighted by Gasteiger charge is -1.83. The number of Topliss-reactive ketones (excluding diaryl/α,β-unsaturated/α-hetero) is 1. The maximum absolute atomic E-state index is 10.9. The fourth-order valence-electron chi connectivity index (χ4n) is 1.16. The summed E-state index contributed by atoms with van der Waals surface area (Å²) in [6.45, 7) is 0. The zero-order chi connectivity index (χ0) is 9.26. The molecule has 0 spiro atoms. The Hall–Kier alpha value is -1.90. The predicted octanol–water partition coefficient (Wildman–Crippen LogP) is 1.81. The van der Waals surface area contributed by atoms with Crippen molar-refractivity contribution < 1.29 is 14.0 Å². The topological polar surface area (TPSA) is 47.3 Å². The summed E-state index contributed by atoms with van der Waals surface area (Å²) in [4.78, 5) is 21.1. The molecule has 0 bridgehead atoms. The van der Waals surface area contributed by atoms with Crippen molar-refractivity contribution in [2.75, 3.05) is 0 Å². The Morgan fingerprint density at radius 2 is 2.08 bits per heavy atom. The third kappa shape index (κ3) is 1.24. The Morgan fingerprint density at radius 3 is 2.77 bits per heavy atom. The number of aldehydes is 1. The standard InChI is InChI=1S/C10H6O3/c11-6-8(12)10-5-7-3-1-2-4-9(7)13-10/h1-6H. The van der Waals surface area contributed by atoms with Crippen molar-refractivity contribution in [1.82, 2.24) is 0 Å². The molecule has 1 aromatic heterocycles. The number of para-hydroxylation sites is 1. The highest BCUT2D eigenvalue weighted by molar-refractivity contribution is 6.32. The van der Waals surface area contributed by atoms with Gasteiger partial charge >= 0.3 is 0 Å². The molecule has 2 aromatic rings. The van der Waals surface area contributed by atoms with E-state index in [-0.39, 0.29) is 12.0 Å². The fraction of sp³-hybridized carbons (Fsp3) is 0. The summed E-state index contributed by atoms with van der Waals surface area (Å²) in [6, 6.07) is 8.78. The van der Waals surface area contributed by atoms with E-state index in [9.17, 15) is 9.59 Å². The quantitative estimate of drug-likeness (QED) is 0.396. The normalized spacial score (nSPS) is 10.2. The van der Waals surface area contributed by atoms with Gasteiger partial charge < -0.3 is 4.42 Å². The molecule has 1 aromatic carbocycles. The number of ketones is 1. The van der Waals surface area contributed by atoms with Gasteiger partial charge in [0.25, 0.3) is 5.78 Å². The number of benzene rings is 1. The van der Waals surface area contributed by atoms with Crippen molar-refractivity contribution in [3.05, 3.63) is 36.1 Å². The first kappa shape index (κ1) is 7.73. The molecule has 3 nitrogen and oxygen atoms in total. The smallest absolute Gasteiger partial charge is 0.260 e. The third-order valence-corrected chi connectivity index (χ3v) is 1.78. The summed E-state index contributed by atoms with van der Waals surface area (Å²) in [5.74, 6) is -0.535. The lowest BCUT2D eigenvalue weighted by Crippen LogP contribution is -1.96. The summed E-state index contributed by atoms with van der Waals surface area (Å²) in [6.07, 6.45) is 0.248. The van der Waals surface area contributed by atoms with E-state index in [0.29, 0.717) is 5.58 Å². The molecule has 13 heavy (non-hydrogen) atoms. The molecule has 1 heterocycles. The van der Waals surface area contributed by atoms with Crippen molar-refractivity contribution in [2.45, 2.75) is 0 Å². The monoisotopic (exact) mass is 174 g/mol. The highest BCUT2D eigenvalue weighted by Crippen LogP contribution is 2.18. The van der Waals surface area contributed by atoms with Crippen molar-refractivity contribution in [3.8, 4) is 0 Å². The highest BCUT2D eigenvalue weighted by Gasteiger charge is 2.09. The number of furan rings is 1. The van der Waals surface area contributed by atoms with E-state index < -0.39 is 5.78 Å². The molecule has 0 fully saturated rings. The van der Waals surface area contributed by atoms with E-state index >= 15 is 0 Å². The van der Waals surface area contributed by atoms with E-state index in [2.05, 4.69) is 0 Å². The van der Waals surface area contributed by atoms with Gasteiger partial charge in [-0.15, -0.1) is 0 Å². The maximum atomic E-state index is 10.9. The minimum absolute atomic E-state index is 0.0937. The summed E-state index contributed by atoms with van der Waals surface area (Å²) >= 11 is 0. The third-order valence-electron chi connectivity index (χ3n) is 1.78. The second-order valence-electron chi connectivity index (χ2n) is 2.63. The molecule has 0 radical (unpaired) electrons. The van der Waals surface area contributed by atoms with Crippen LogP contribution in [0, 0.1) is 0 Å². The van der Waals surface area contributed by atoms with Crippen LogP contribution in [0.2, 0.25) is 0 Å². The predicted molar refractivity (Wildman–Crippen MR) is 46.6 cm³/mol. The van der Waals surface area contributed by atoms with Crippen LogP contribution in [0.5, 0.6) is 0 Å². The summed E-state index contributed by atoms with van der Waals surface area (Å²) in [7, 11) is 0. The Balaban J connectivity index is 2.62. The molecule has 0 saturated heterocycles. The molecular weight excluding hydrogens is 168 g/mol. The molecular formula is C10H6O3. The van der Waals surface area contributed by atoms with Gasteiger partial charge in [0.15, 0.2) is 12.0 Å². The minimum Gasteiger partial charge on any atom is -0.452 e. The van der Waals surface area contributed by atoms with Crippen LogP contribution in [0.4, 0.5) is 0 Å². The average Bonchev–Trinajstić information content (AvgIpc) is 2.59. The van der Waals surface area contributed by atoms with Crippen LogP contribution < -0.4 is 0 Å². The van der Waals surface area contributed by atoms with E-state index in [1.165, 1.54) is 0 Å². The van der Waals surface area contributed by atoms with Gasteiger partial charge in [-0.1, -0.05) is 18.2 Å². The number of hydrogen-bond acceptors (Lipinski definition) is 3. The van der Waals surface area contributed by atoms with Gasteiger partial charge in [0.1, 0.15) is 5.58 Å². The van der Waals surface area contributed by atoms with E-state index in [1.807, 2.05) is 12.1 Å². The van der Waals surface area contributed by atoms with Gasteiger partial charge in [-0.25, -0.2) is 0 Å². The molecule has 64 valence electrons. The second-order valence-corrected chi connectivity index (χ2v) is 2.63. The zero-order valence-electron chi connectivity index (χ0n) is 6.69. The van der Waals surface area contributed by atoms with Crippen LogP contribution in [0.15, 0.2) is 34.7 Å². The van der Waals surface area contributed by atoms with Crippen LogP contribution in [0.25, 0.3) is 11.0 Å². The van der Waals surface area contributed by atoms with Gasteiger partial charge in [0.2, 0.25) is 0 Å². The van der Waals surface area contributed by atoms with Crippen molar-refractivity contribution in [1.29, 1.82) is 0 Å². The van der Waals surface area contributed by atoms with Crippen LogP contribution in [0.3, 0.4) is 0 Å². The van der Waals surface area contributed by atoms with Gasteiger partial charge in [0, 0.05) is 5.39 Å². The van der Waals surface area contributed by atoms with Crippen LogP contribution in [0.1, 0.15) is 10.6 Å². The Bertz CT molecular complexity index is 435. The number of fused-ring (bicyclic) bond motifs is 1. The second kappa shape index (κ2) is 2.86. The van der Waals surface area contributed by atoms with Crippen molar-refractivity contribution in [3.63, 3.8) is 0 Å². The lowest BCUT2D eigenvalue weighted by atomic mass is 10.2. The summed E-state index contributed by atoms with van der Waals surface area (Å²) < 4.78 is 5.14. The number of carbonyl (C=O) groups is 2. The molecule has 0 amide bonds. The molecule has 0 atom stereocenters. The van der Waals surface area contributed by atoms with Crippen LogP contribution in [-0.2, 0) is 4.79 Å². The Labute approximate surface area is 74.0 Å². The number of rotatable bonds is 2. The van der Waals surface area contributed by atoms with Crippen molar-refractivity contribution >= 4 is 23.0 Å². The van der Waals surface area contributed by atoms with Gasteiger partial charge in [-0.3, -0.25) is 9.59 Å². The van der Waals surface area contributed by atoms with E-state index in [1.54, 1.807) is 18.2 Å². The first-order valence-corrected chi connectivity index (χ1v) is 3.79. The average molecular weight is 174 g/mol. The lowest BCUT2D eigenvalue weighted by molar-refractivity contribution is -0.104.